The second-order valence-electron chi connectivity index (χ2n) is 4.25. The van der Waals surface area contributed by atoms with E-state index in [1.165, 1.54) is 4.90 Å². The molecule has 1 fully saturated rings. The predicted molar refractivity (Wildman–Crippen MR) is 78.7 cm³/mol. The number of piperazine rings is 1. The second kappa shape index (κ2) is 6.02. The van der Waals surface area contributed by atoms with Crippen LogP contribution in [0.15, 0.2) is 27.1 Å². The van der Waals surface area contributed by atoms with Crippen molar-refractivity contribution in [1.82, 2.24) is 10.2 Å². The molecule has 1 aliphatic heterocycles. The first-order valence-corrected chi connectivity index (χ1v) is 7.35. The molecule has 1 aromatic carbocycles. The summed E-state index contributed by atoms with van der Waals surface area (Å²) < 4.78 is 1.51. The minimum absolute atomic E-state index is 0.196. The van der Waals surface area contributed by atoms with Gasteiger partial charge in [0.2, 0.25) is 5.91 Å². The molecule has 1 saturated heterocycles. The first-order chi connectivity index (χ1) is 9.00. The first-order valence-electron chi connectivity index (χ1n) is 5.76. The number of nitrogens with two attached hydrogens (primary N) is 1. The first kappa shape index (κ1) is 14.5. The lowest BCUT2D eigenvalue weighted by Crippen LogP contribution is -2.58. The van der Waals surface area contributed by atoms with Crippen molar-refractivity contribution in [3.63, 3.8) is 0 Å². The molecule has 1 aromatic rings. The van der Waals surface area contributed by atoms with Crippen molar-refractivity contribution in [3.05, 3.63) is 32.7 Å². The van der Waals surface area contributed by atoms with Crippen LogP contribution in [-0.2, 0) is 4.79 Å². The minimum Gasteiger partial charge on any atom is -0.368 e. The highest BCUT2D eigenvalue weighted by atomic mass is 79.9. The Morgan fingerprint density at radius 3 is 2.79 bits per heavy atom. The van der Waals surface area contributed by atoms with E-state index < -0.39 is 11.9 Å². The third-order valence-corrected chi connectivity index (χ3v) is 4.18. The summed E-state index contributed by atoms with van der Waals surface area (Å²) in [7, 11) is 0. The summed E-state index contributed by atoms with van der Waals surface area (Å²) in [4.78, 5) is 25.5. The molecule has 0 radical (unpaired) electrons. The summed E-state index contributed by atoms with van der Waals surface area (Å²) in [5.41, 5.74) is 5.86. The van der Waals surface area contributed by atoms with E-state index in [-0.39, 0.29) is 5.91 Å². The maximum atomic E-state index is 12.5. The van der Waals surface area contributed by atoms with Gasteiger partial charge in [-0.25, -0.2) is 0 Å². The van der Waals surface area contributed by atoms with Crippen LogP contribution in [0.4, 0.5) is 0 Å². The molecule has 0 spiro atoms. The highest BCUT2D eigenvalue weighted by molar-refractivity contribution is 9.11. The van der Waals surface area contributed by atoms with Crippen LogP contribution >= 0.6 is 31.9 Å². The maximum absolute atomic E-state index is 12.5. The summed E-state index contributed by atoms with van der Waals surface area (Å²) >= 11 is 6.69. The molecule has 2 rings (SSSR count). The lowest BCUT2D eigenvalue weighted by Gasteiger charge is -2.34. The van der Waals surface area contributed by atoms with E-state index in [2.05, 4.69) is 37.2 Å². The van der Waals surface area contributed by atoms with Crippen molar-refractivity contribution < 1.29 is 9.59 Å². The second-order valence-corrected chi connectivity index (χ2v) is 6.02. The van der Waals surface area contributed by atoms with E-state index >= 15 is 0 Å². The largest absolute Gasteiger partial charge is 0.368 e. The van der Waals surface area contributed by atoms with Crippen LogP contribution in [0, 0.1) is 0 Å². The fraction of sp³-hybridized carbons (Fsp3) is 0.333. The molecule has 1 aliphatic rings. The molecule has 0 bridgehead atoms. The average Bonchev–Trinajstić information content (AvgIpc) is 2.40. The summed E-state index contributed by atoms with van der Waals surface area (Å²) in [5, 5.41) is 3.06. The van der Waals surface area contributed by atoms with Crippen LogP contribution in [0.5, 0.6) is 0 Å². The smallest absolute Gasteiger partial charge is 0.255 e. The Morgan fingerprint density at radius 1 is 1.37 bits per heavy atom. The van der Waals surface area contributed by atoms with Crippen molar-refractivity contribution in [2.75, 3.05) is 19.6 Å². The molecule has 7 heteroatoms. The number of hydrogen-bond donors (Lipinski definition) is 2. The average molecular weight is 391 g/mol. The van der Waals surface area contributed by atoms with E-state index in [1.54, 1.807) is 12.1 Å². The maximum Gasteiger partial charge on any atom is 0.255 e. The van der Waals surface area contributed by atoms with Crippen LogP contribution in [0.25, 0.3) is 0 Å². The molecule has 0 aliphatic carbocycles. The third-order valence-electron chi connectivity index (χ3n) is 2.99. The van der Waals surface area contributed by atoms with E-state index in [9.17, 15) is 9.59 Å². The molecule has 19 heavy (non-hydrogen) atoms. The Kier molecular flexibility index (Phi) is 4.59. The Labute approximate surface area is 127 Å². The van der Waals surface area contributed by atoms with Gasteiger partial charge >= 0.3 is 0 Å². The van der Waals surface area contributed by atoms with Gasteiger partial charge in [0.15, 0.2) is 0 Å². The van der Waals surface area contributed by atoms with Crippen molar-refractivity contribution in [2.24, 2.45) is 5.73 Å². The lowest BCUT2D eigenvalue weighted by atomic mass is 10.1. The van der Waals surface area contributed by atoms with Crippen molar-refractivity contribution >= 4 is 43.7 Å². The Bertz CT molecular complexity index is 522. The third kappa shape index (κ3) is 3.16. The highest BCUT2D eigenvalue weighted by Gasteiger charge is 2.31. The molecule has 3 N–H and O–H groups in total. The molecule has 1 atom stereocenters. The number of amides is 2. The van der Waals surface area contributed by atoms with Crippen LogP contribution in [0.2, 0.25) is 0 Å². The SMILES string of the molecule is NC(=O)C1CNCCN1C(=O)c1cc(Br)ccc1Br. The van der Waals surface area contributed by atoms with Gasteiger partial charge in [0.25, 0.3) is 5.91 Å². The summed E-state index contributed by atoms with van der Waals surface area (Å²) in [6, 6.07) is 4.75. The number of rotatable bonds is 2. The summed E-state index contributed by atoms with van der Waals surface area (Å²) in [6.07, 6.45) is 0. The van der Waals surface area contributed by atoms with Crippen molar-refractivity contribution in [3.8, 4) is 0 Å². The van der Waals surface area contributed by atoms with E-state index in [0.29, 0.717) is 29.7 Å². The van der Waals surface area contributed by atoms with E-state index in [1.807, 2.05) is 6.07 Å². The number of nitrogens with zero attached hydrogens (tertiary/aromatic N) is 1. The van der Waals surface area contributed by atoms with Crippen LogP contribution in [-0.4, -0.2) is 42.4 Å². The number of benzene rings is 1. The van der Waals surface area contributed by atoms with Crippen LogP contribution in [0.3, 0.4) is 0 Å². The number of halogens is 2. The van der Waals surface area contributed by atoms with Gasteiger partial charge < -0.3 is 16.0 Å². The lowest BCUT2D eigenvalue weighted by molar-refractivity contribution is -0.122. The normalized spacial score (nSPS) is 19.3. The highest BCUT2D eigenvalue weighted by Crippen LogP contribution is 2.24. The number of carbonyl (C=O) groups is 2. The Balaban J connectivity index is 2.31. The molecule has 0 saturated carbocycles. The molecule has 102 valence electrons. The van der Waals surface area contributed by atoms with Gasteiger partial charge in [0.1, 0.15) is 6.04 Å². The molecule has 1 unspecified atom stereocenters. The number of nitrogens with one attached hydrogen (secondary N) is 1. The summed E-state index contributed by atoms with van der Waals surface area (Å²) in [6.45, 7) is 1.51. The fourth-order valence-corrected chi connectivity index (χ4v) is 2.79. The molecule has 1 heterocycles. The Morgan fingerprint density at radius 2 is 2.11 bits per heavy atom. The molecular formula is C12H13Br2N3O2. The summed E-state index contributed by atoms with van der Waals surface area (Å²) in [5.74, 6) is -0.690. The van der Waals surface area contributed by atoms with Gasteiger partial charge in [-0.15, -0.1) is 0 Å². The van der Waals surface area contributed by atoms with Crippen molar-refractivity contribution in [2.45, 2.75) is 6.04 Å². The zero-order chi connectivity index (χ0) is 14.0. The standard InChI is InChI=1S/C12H13Br2N3O2/c13-7-1-2-9(14)8(5-7)12(19)17-4-3-16-6-10(17)11(15)18/h1-2,5,10,16H,3-4,6H2,(H2,15,18). The fourth-order valence-electron chi connectivity index (χ4n) is 2.02. The quantitative estimate of drug-likeness (QED) is 0.794. The van der Waals surface area contributed by atoms with Crippen LogP contribution in [0.1, 0.15) is 10.4 Å². The minimum atomic E-state index is -0.605. The van der Waals surface area contributed by atoms with Gasteiger partial charge in [-0.1, -0.05) is 15.9 Å². The van der Waals surface area contributed by atoms with Gasteiger partial charge in [-0.2, -0.15) is 0 Å². The monoisotopic (exact) mass is 389 g/mol. The van der Waals surface area contributed by atoms with Crippen LogP contribution < -0.4 is 11.1 Å². The number of primary amides is 1. The van der Waals surface area contributed by atoms with Gasteiger partial charge in [-0.3, -0.25) is 9.59 Å². The molecular weight excluding hydrogens is 378 g/mol. The van der Waals surface area contributed by atoms with Gasteiger partial charge in [0, 0.05) is 28.6 Å². The molecule has 2 amide bonds. The topological polar surface area (TPSA) is 75.4 Å². The number of hydrogen-bond acceptors (Lipinski definition) is 3. The van der Waals surface area contributed by atoms with E-state index in [0.717, 1.165) is 4.47 Å². The van der Waals surface area contributed by atoms with Gasteiger partial charge in [-0.05, 0) is 34.1 Å². The number of carbonyl (C=O) groups excluding carboxylic acids is 2. The zero-order valence-electron chi connectivity index (χ0n) is 10.0. The van der Waals surface area contributed by atoms with E-state index in [4.69, 9.17) is 5.73 Å². The molecule has 5 nitrogen and oxygen atoms in total. The zero-order valence-corrected chi connectivity index (χ0v) is 13.2. The van der Waals surface area contributed by atoms with Gasteiger partial charge in [0.05, 0.1) is 5.56 Å². The predicted octanol–water partition coefficient (Wildman–Crippen LogP) is 1.11. The Hall–Kier alpha value is -0.920. The van der Waals surface area contributed by atoms with Crippen molar-refractivity contribution in [1.29, 1.82) is 0 Å². The molecule has 0 aromatic heterocycles.